The Labute approximate surface area is 148 Å². The second kappa shape index (κ2) is 7.99. The van der Waals surface area contributed by atoms with E-state index < -0.39 is 30.6 Å². The van der Waals surface area contributed by atoms with Crippen molar-refractivity contribution in [2.45, 2.75) is 31.9 Å². The predicted octanol–water partition coefficient (Wildman–Crippen LogP) is 2.26. The van der Waals surface area contributed by atoms with Crippen LogP contribution in [0.1, 0.15) is 30.1 Å². The number of amides is 1. The normalized spacial score (nSPS) is 15.5. The average Bonchev–Trinajstić information content (AvgIpc) is 3.45. The van der Waals surface area contributed by atoms with Gasteiger partial charge >= 0.3 is 12.6 Å². The molecular weight excluding hydrogens is 350 g/mol. The van der Waals surface area contributed by atoms with E-state index in [0.717, 1.165) is 18.9 Å². The summed E-state index contributed by atoms with van der Waals surface area (Å²) >= 11 is 0. The molecular formula is C17H18F2N2O5. The first-order valence-electron chi connectivity index (χ1n) is 7.81. The Morgan fingerprint density at radius 3 is 2.62 bits per heavy atom. The summed E-state index contributed by atoms with van der Waals surface area (Å²) in [4.78, 5) is 23.9. The maximum absolute atomic E-state index is 12.3. The lowest BCUT2D eigenvalue weighted by Crippen LogP contribution is -2.48. The number of nitriles is 1. The summed E-state index contributed by atoms with van der Waals surface area (Å²) < 4.78 is 38.6. The van der Waals surface area contributed by atoms with Gasteiger partial charge in [-0.2, -0.15) is 14.0 Å². The summed E-state index contributed by atoms with van der Waals surface area (Å²) in [7, 11) is 1.23. The molecule has 1 aromatic carbocycles. The van der Waals surface area contributed by atoms with Crippen molar-refractivity contribution in [3.8, 4) is 17.6 Å². The first-order chi connectivity index (χ1) is 12.3. The van der Waals surface area contributed by atoms with Crippen molar-refractivity contribution in [3.63, 3.8) is 0 Å². The number of hydrogen-bond acceptors (Lipinski definition) is 6. The molecule has 1 N–H and O–H groups in total. The van der Waals surface area contributed by atoms with E-state index in [2.05, 4.69) is 16.1 Å². The summed E-state index contributed by atoms with van der Waals surface area (Å²) in [5.74, 6) is -1.65. The first kappa shape index (κ1) is 19.4. The van der Waals surface area contributed by atoms with Crippen LogP contribution >= 0.6 is 0 Å². The lowest BCUT2D eigenvalue weighted by atomic mass is 9.98. The highest BCUT2D eigenvalue weighted by Crippen LogP contribution is 2.39. The van der Waals surface area contributed by atoms with E-state index >= 15 is 0 Å². The third-order valence-corrected chi connectivity index (χ3v) is 3.97. The maximum Gasteiger partial charge on any atom is 0.387 e. The number of nitrogens with zero attached hydrogens (tertiary/aromatic N) is 1. The van der Waals surface area contributed by atoms with Gasteiger partial charge in [0.25, 0.3) is 5.91 Å². The molecule has 1 saturated carbocycles. The molecule has 1 atom stereocenters. The minimum Gasteiger partial charge on any atom is -0.493 e. The molecule has 2 rings (SSSR count). The van der Waals surface area contributed by atoms with E-state index in [-0.39, 0.29) is 23.0 Å². The van der Waals surface area contributed by atoms with Crippen LogP contribution in [0.3, 0.4) is 0 Å². The number of rotatable bonds is 8. The lowest BCUT2D eigenvalue weighted by molar-refractivity contribution is -0.125. The fraction of sp³-hybridized carbons (Fsp3) is 0.471. The zero-order valence-electron chi connectivity index (χ0n) is 14.3. The largest absolute Gasteiger partial charge is 0.493 e. The van der Waals surface area contributed by atoms with Gasteiger partial charge in [-0.15, -0.1) is 0 Å². The van der Waals surface area contributed by atoms with Gasteiger partial charge in [-0.05, 0) is 43.9 Å². The average molecular weight is 368 g/mol. The molecule has 7 nitrogen and oxygen atoms in total. The van der Waals surface area contributed by atoms with E-state index in [0.29, 0.717) is 0 Å². The second-order valence-corrected chi connectivity index (χ2v) is 5.96. The number of carbonyl (C=O) groups is 2. The summed E-state index contributed by atoms with van der Waals surface area (Å²) in [6.07, 6.45) is 1.72. The van der Waals surface area contributed by atoms with Crippen molar-refractivity contribution >= 4 is 11.9 Å². The van der Waals surface area contributed by atoms with Crippen molar-refractivity contribution in [3.05, 3.63) is 23.8 Å². The fourth-order valence-corrected chi connectivity index (χ4v) is 2.41. The number of esters is 1. The highest BCUT2D eigenvalue weighted by atomic mass is 19.3. The van der Waals surface area contributed by atoms with E-state index in [1.807, 2.05) is 0 Å². The Hall–Kier alpha value is -2.89. The van der Waals surface area contributed by atoms with Crippen LogP contribution in [0.5, 0.6) is 11.5 Å². The van der Waals surface area contributed by atoms with Gasteiger partial charge in [0.05, 0.1) is 18.7 Å². The molecule has 0 radical (unpaired) electrons. The van der Waals surface area contributed by atoms with Crippen LogP contribution in [-0.2, 0) is 9.53 Å². The number of alkyl halides is 2. The highest BCUT2D eigenvalue weighted by molar-refractivity contribution is 5.92. The summed E-state index contributed by atoms with van der Waals surface area (Å²) in [6, 6.07) is 5.58. The van der Waals surface area contributed by atoms with E-state index in [1.165, 1.54) is 19.2 Å². The third-order valence-electron chi connectivity index (χ3n) is 3.97. The molecule has 26 heavy (non-hydrogen) atoms. The number of ether oxygens (including phenoxy) is 3. The van der Waals surface area contributed by atoms with Crippen LogP contribution in [0.4, 0.5) is 8.78 Å². The molecule has 0 saturated heterocycles. The summed E-state index contributed by atoms with van der Waals surface area (Å²) in [5.41, 5.74) is -0.984. The molecule has 0 aliphatic heterocycles. The van der Waals surface area contributed by atoms with E-state index in [1.54, 1.807) is 6.92 Å². The van der Waals surface area contributed by atoms with Crippen LogP contribution in [-0.4, -0.2) is 37.7 Å². The van der Waals surface area contributed by atoms with Crippen LogP contribution in [0.25, 0.3) is 0 Å². The molecule has 1 aromatic rings. The van der Waals surface area contributed by atoms with Crippen LogP contribution in [0, 0.1) is 17.2 Å². The van der Waals surface area contributed by atoms with Gasteiger partial charge in [-0.3, -0.25) is 4.79 Å². The Bertz CT molecular complexity index is 730. The maximum atomic E-state index is 12.3. The standard InChI is InChI=1S/C17H18F2N2O5/c1-17(9-20,11-4-5-11)21-14(22)8-25-15(23)10-3-6-12(26-16(18)19)13(7-10)24-2/h3,6-7,11,16H,4-5,8H2,1-2H3,(H,21,22)/t17-/m1/s1. The van der Waals surface area contributed by atoms with Gasteiger partial charge in [0.1, 0.15) is 5.54 Å². The van der Waals surface area contributed by atoms with Crippen molar-refractivity contribution in [1.82, 2.24) is 5.32 Å². The molecule has 0 spiro atoms. The number of halogens is 2. The van der Waals surface area contributed by atoms with Crippen molar-refractivity contribution in [1.29, 1.82) is 5.26 Å². The quantitative estimate of drug-likeness (QED) is 0.707. The second-order valence-electron chi connectivity index (χ2n) is 5.96. The van der Waals surface area contributed by atoms with Gasteiger partial charge in [0.15, 0.2) is 18.1 Å². The Kier molecular flexibility index (Phi) is 5.97. The van der Waals surface area contributed by atoms with Gasteiger partial charge in [0.2, 0.25) is 0 Å². The monoisotopic (exact) mass is 368 g/mol. The topological polar surface area (TPSA) is 97.6 Å². The number of carbonyl (C=O) groups excluding carboxylic acids is 2. The van der Waals surface area contributed by atoms with Crippen molar-refractivity contribution < 1.29 is 32.6 Å². The number of methoxy groups -OCH3 is 1. The summed E-state index contributed by atoms with van der Waals surface area (Å²) in [6.45, 7) is -1.98. The molecule has 1 aliphatic carbocycles. The van der Waals surface area contributed by atoms with E-state index in [9.17, 15) is 23.6 Å². The zero-order valence-corrected chi connectivity index (χ0v) is 14.3. The summed E-state index contributed by atoms with van der Waals surface area (Å²) in [5, 5.41) is 11.8. The first-order valence-corrected chi connectivity index (χ1v) is 7.81. The van der Waals surface area contributed by atoms with Gasteiger partial charge in [-0.25, -0.2) is 4.79 Å². The van der Waals surface area contributed by atoms with Crippen LogP contribution in [0.2, 0.25) is 0 Å². The number of benzene rings is 1. The SMILES string of the molecule is COc1cc(C(=O)OCC(=O)N[C@](C)(C#N)C2CC2)ccc1OC(F)F. The smallest absolute Gasteiger partial charge is 0.387 e. The number of nitrogens with one attached hydrogen (secondary N) is 1. The fourth-order valence-electron chi connectivity index (χ4n) is 2.41. The zero-order chi connectivity index (χ0) is 19.3. The van der Waals surface area contributed by atoms with Crippen LogP contribution in [0.15, 0.2) is 18.2 Å². The minimum absolute atomic E-state index is 0.00139. The van der Waals surface area contributed by atoms with E-state index in [4.69, 9.17) is 9.47 Å². The molecule has 0 unspecified atom stereocenters. The molecule has 1 fully saturated rings. The molecule has 1 amide bonds. The molecule has 140 valence electrons. The Morgan fingerprint density at radius 2 is 2.08 bits per heavy atom. The molecule has 0 aromatic heterocycles. The third kappa shape index (κ3) is 4.81. The number of hydrogen-bond donors (Lipinski definition) is 1. The minimum atomic E-state index is -3.04. The van der Waals surface area contributed by atoms with Crippen LogP contribution < -0.4 is 14.8 Å². The van der Waals surface area contributed by atoms with Crippen molar-refractivity contribution in [2.75, 3.05) is 13.7 Å². The molecule has 0 heterocycles. The van der Waals surface area contributed by atoms with Crippen molar-refractivity contribution in [2.24, 2.45) is 5.92 Å². The van der Waals surface area contributed by atoms with Gasteiger partial charge in [0, 0.05) is 0 Å². The predicted molar refractivity (Wildman–Crippen MR) is 84.8 cm³/mol. The molecule has 1 aliphatic rings. The Morgan fingerprint density at radius 1 is 1.38 bits per heavy atom. The Balaban J connectivity index is 1.95. The molecule has 0 bridgehead atoms. The van der Waals surface area contributed by atoms with Gasteiger partial charge < -0.3 is 19.5 Å². The van der Waals surface area contributed by atoms with Gasteiger partial charge in [-0.1, -0.05) is 0 Å². The highest BCUT2D eigenvalue weighted by Gasteiger charge is 2.43. The molecule has 9 heteroatoms. The lowest BCUT2D eigenvalue weighted by Gasteiger charge is -2.22.